The number of benzene rings is 3. The standard InChI is InChI=1S/C50H60N2O12/c1-29-35(61-46(57)40(55)39(32-17-11-7-12-18-32)51-45(56)33-19-13-8-14-20-33)25-34-41(59-27-31-15-9-6-10-16-31)43-49(5,36(54)26-37-50(43,28-60-37)64-30(2)53)44-42(38(29)48(34,3)4)62-47(63-44)52-21-23-58-24-22-52/h6-20,34-37,39-44,47,54-55H,21-28H2,1-5H3,(H,51,56)/t34?,35-,36-,37+,39-,40+,41+,42+,43?,44-,47?,49+,50-/m0/s1. The molecule has 64 heavy (non-hydrogen) atoms. The zero-order valence-electron chi connectivity index (χ0n) is 37.1. The van der Waals surface area contributed by atoms with Gasteiger partial charge in [-0.05, 0) is 59.1 Å². The molecule has 3 unspecified atom stereocenters. The largest absolute Gasteiger partial charge is 0.456 e. The van der Waals surface area contributed by atoms with Gasteiger partial charge in [0.15, 0.2) is 11.7 Å². The first kappa shape index (κ1) is 44.7. The highest BCUT2D eigenvalue weighted by atomic mass is 16.8. The smallest absolute Gasteiger partial charge is 0.338 e. The minimum Gasteiger partial charge on any atom is -0.456 e. The molecule has 3 aliphatic carbocycles. The summed E-state index contributed by atoms with van der Waals surface area (Å²) in [6, 6.07) is 26.1. The Morgan fingerprint density at radius 1 is 0.906 bits per heavy atom. The monoisotopic (exact) mass is 880 g/mol. The third-order valence-corrected chi connectivity index (χ3v) is 15.1. The number of nitrogens with one attached hydrogen (secondary N) is 1. The molecule has 3 heterocycles. The van der Waals surface area contributed by atoms with E-state index in [9.17, 15) is 24.6 Å². The number of aliphatic hydroxyl groups excluding tert-OH is 2. The first-order valence-corrected chi connectivity index (χ1v) is 22.5. The van der Waals surface area contributed by atoms with E-state index in [0.717, 1.165) is 16.7 Å². The Morgan fingerprint density at radius 2 is 1.56 bits per heavy atom. The summed E-state index contributed by atoms with van der Waals surface area (Å²) < 4.78 is 46.3. The quantitative estimate of drug-likeness (QED) is 0.176. The summed E-state index contributed by atoms with van der Waals surface area (Å²) in [5, 5.41) is 27.4. The Balaban J connectivity index is 1.15. The normalized spacial score (nSPS) is 35.2. The molecule has 3 aromatic rings. The first-order valence-electron chi connectivity index (χ1n) is 22.5. The van der Waals surface area contributed by atoms with Crippen LogP contribution in [0.1, 0.15) is 75.0 Å². The van der Waals surface area contributed by atoms with Crippen LogP contribution in [-0.4, -0.2) is 121 Å². The number of ether oxygens (including phenoxy) is 7. The predicted molar refractivity (Wildman–Crippen MR) is 231 cm³/mol. The molecule has 5 fully saturated rings. The molecule has 2 bridgehead atoms. The second kappa shape index (κ2) is 17.7. The van der Waals surface area contributed by atoms with Crippen molar-refractivity contribution < 1.29 is 57.8 Å². The highest BCUT2D eigenvalue weighted by Gasteiger charge is 2.76. The zero-order chi connectivity index (χ0) is 45.0. The van der Waals surface area contributed by atoms with Gasteiger partial charge in [-0.1, -0.05) is 99.6 Å². The third-order valence-electron chi connectivity index (χ3n) is 15.1. The van der Waals surface area contributed by atoms with E-state index in [2.05, 4.69) is 24.1 Å². The van der Waals surface area contributed by atoms with Gasteiger partial charge in [-0.15, -0.1) is 0 Å². The van der Waals surface area contributed by atoms with Crippen LogP contribution < -0.4 is 5.32 Å². The van der Waals surface area contributed by atoms with Crippen molar-refractivity contribution in [1.29, 1.82) is 0 Å². The molecule has 3 aromatic carbocycles. The summed E-state index contributed by atoms with van der Waals surface area (Å²) in [7, 11) is 0. The van der Waals surface area contributed by atoms with E-state index < -0.39 is 101 Å². The number of hydrogen-bond acceptors (Lipinski definition) is 13. The topological polar surface area (TPSA) is 172 Å². The van der Waals surface area contributed by atoms with Crippen LogP contribution in [0.3, 0.4) is 0 Å². The van der Waals surface area contributed by atoms with Gasteiger partial charge in [0.1, 0.15) is 24.4 Å². The SMILES string of the molecule is CC(=O)O[C@@]12CO[C@@H]1C[C@H](O)[C@]1(C)C2[C@H](OCc2ccccc2)C2C[C@H](OC(=O)[C@H](O)[C@@H](NC(=O)c3ccccc3)c3ccccc3)C(C)=C([C@H]3OC(N4CCOCC4)O[C@@H]31)C2(C)C. The third kappa shape index (κ3) is 7.79. The van der Waals surface area contributed by atoms with Crippen LogP contribution in [0.5, 0.6) is 0 Å². The van der Waals surface area contributed by atoms with Gasteiger partial charge in [0, 0.05) is 43.3 Å². The van der Waals surface area contributed by atoms with Crippen molar-refractivity contribution in [2.24, 2.45) is 22.7 Å². The van der Waals surface area contributed by atoms with E-state index in [1.807, 2.05) is 50.2 Å². The summed E-state index contributed by atoms with van der Waals surface area (Å²) in [6.45, 7) is 12.0. The Morgan fingerprint density at radius 3 is 2.20 bits per heavy atom. The molecule has 2 saturated carbocycles. The molecule has 0 aromatic heterocycles. The number of aliphatic hydroxyl groups is 2. The lowest BCUT2D eigenvalue weighted by Gasteiger charge is -2.67. The number of morpholine rings is 1. The summed E-state index contributed by atoms with van der Waals surface area (Å²) in [5.41, 5.74) is 0.371. The van der Waals surface area contributed by atoms with E-state index in [-0.39, 0.29) is 26.1 Å². The summed E-state index contributed by atoms with van der Waals surface area (Å²) in [5.74, 6) is -3.00. The van der Waals surface area contributed by atoms with Crippen LogP contribution in [0.25, 0.3) is 0 Å². The Hall–Kier alpha value is -4.51. The van der Waals surface area contributed by atoms with Gasteiger partial charge < -0.3 is 48.7 Å². The van der Waals surface area contributed by atoms with Crippen molar-refractivity contribution in [3.05, 3.63) is 119 Å². The molecular formula is C50H60N2O12. The second-order valence-electron chi connectivity index (χ2n) is 19.0. The molecule has 1 amide bonds. The van der Waals surface area contributed by atoms with Crippen molar-refractivity contribution >= 4 is 17.8 Å². The minimum atomic E-state index is -1.79. The Bertz CT molecular complexity index is 2200. The minimum absolute atomic E-state index is 0.0929. The number of carbonyl (C=O) groups is 3. The highest BCUT2D eigenvalue weighted by Crippen LogP contribution is 2.66. The van der Waals surface area contributed by atoms with E-state index in [1.165, 1.54) is 6.92 Å². The molecule has 0 radical (unpaired) electrons. The van der Waals surface area contributed by atoms with Crippen LogP contribution in [0.4, 0.5) is 0 Å². The lowest BCUT2D eigenvalue weighted by atomic mass is 9.45. The van der Waals surface area contributed by atoms with Crippen LogP contribution in [0.2, 0.25) is 0 Å². The Labute approximate surface area is 374 Å². The first-order chi connectivity index (χ1) is 30.7. The molecule has 3 aliphatic heterocycles. The maximum atomic E-state index is 14.5. The van der Waals surface area contributed by atoms with Crippen LogP contribution in [0, 0.1) is 22.7 Å². The van der Waals surface area contributed by atoms with Gasteiger partial charge in [0.05, 0.1) is 44.7 Å². The van der Waals surface area contributed by atoms with Gasteiger partial charge in [-0.2, -0.15) is 0 Å². The molecule has 0 spiro atoms. The van der Waals surface area contributed by atoms with E-state index in [0.29, 0.717) is 37.4 Å². The molecule has 3 N–H and O–H groups in total. The Kier molecular flexibility index (Phi) is 12.4. The molecular weight excluding hydrogens is 821 g/mol. The van der Waals surface area contributed by atoms with Crippen molar-refractivity contribution in [1.82, 2.24) is 10.2 Å². The van der Waals surface area contributed by atoms with Crippen LogP contribution >= 0.6 is 0 Å². The summed E-state index contributed by atoms with van der Waals surface area (Å²) >= 11 is 0. The van der Waals surface area contributed by atoms with Gasteiger partial charge >= 0.3 is 11.9 Å². The molecule has 9 rings (SSSR count). The average Bonchev–Trinajstić information content (AvgIpc) is 3.74. The number of rotatable bonds is 11. The fourth-order valence-corrected chi connectivity index (χ4v) is 11.8. The zero-order valence-corrected chi connectivity index (χ0v) is 37.1. The van der Waals surface area contributed by atoms with E-state index >= 15 is 0 Å². The van der Waals surface area contributed by atoms with Gasteiger partial charge in [-0.3, -0.25) is 14.5 Å². The maximum Gasteiger partial charge on any atom is 0.338 e. The average molecular weight is 881 g/mol. The lowest BCUT2D eigenvalue weighted by Crippen LogP contribution is -2.79. The molecule has 6 aliphatic rings. The van der Waals surface area contributed by atoms with Crippen LogP contribution in [-0.2, 0) is 49.4 Å². The van der Waals surface area contributed by atoms with Crippen LogP contribution in [0.15, 0.2) is 102 Å². The van der Waals surface area contributed by atoms with E-state index in [4.69, 9.17) is 33.2 Å². The number of hydrogen-bond donors (Lipinski definition) is 3. The molecule has 13 atom stereocenters. The predicted octanol–water partition coefficient (Wildman–Crippen LogP) is 4.88. The maximum absolute atomic E-state index is 14.5. The number of carbonyl (C=O) groups excluding carboxylic acids is 3. The number of amides is 1. The van der Waals surface area contributed by atoms with Crippen molar-refractivity contribution in [2.75, 3.05) is 32.9 Å². The fourth-order valence-electron chi connectivity index (χ4n) is 11.8. The number of esters is 2. The van der Waals surface area contributed by atoms with Gasteiger partial charge in [-0.25, -0.2) is 4.79 Å². The highest BCUT2D eigenvalue weighted by molar-refractivity contribution is 5.95. The lowest BCUT2D eigenvalue weighted by molar-refractivity contribution is -0.357. The second-order valence-corrected chi connectivity index (χ2v) is 19.0. The summed E-state index contributed by atoms with van der Waals surface area (Å²) in [4.78, 5) is 43.4. The number of fused-ring (bicyclic) bond motifs is 8. The molecule has 342 valence electrons. The van der Waals surface area contributed by atoms with E-state index in [1.54, 1.807) is 54.6 Å². The number of nitrogens with zero attached hydrogens (tertiary/aromatic N) is 1. The van der Waals surface area contributed by atoms with Gasteiger partial charge in [0.2, 0.25) is 6.41 Å². The van der Waals surface area contributed by atoms with Crippen molar-refractivity contribution in [3.8, 4) is 0 Å². The summed E-state index contributed by atoms with van der Waals surface area (Å²) in [6.07, 6.45) is -6.90. The van der Waals surface area contributed by atoms with Crippen molar-refractivity contribution in [2.45, 2.75) is 115 Å². The molecule has 14 nitrogen and oxygen atoms in total. The van der Waals surface area contributed by atoms with Crippen molar-refractivity contribution in [3.63, 3.8) is 0 Å². The fraction of sp³-hybridized carbons (Fsp3) is 0.540. The molecule has 3 saturated heterocycles. The molecule has 14 heteroatoms. The van der Waals surface area contributed by atoms with Gasteiger partial charge in [0.25, 0.3) is 5.91 Å².